The predicted molar refractivity (Wildman–Crippen MR) is 152 cm³/mol. The van der Waals surface area contributed by atoms with E-state index in [2.05, 4.69) is 9.97 Å². The predicted octanol–water partition coefficient (Wildman–Crippen LogP) is 5.36. The van der Waals surface area contributed by atoms with Crippen molar-refractivity contribution in [2.75, 3.05) is 23.9 Å². The van der Waals surface area contributed by atoms with Crippen molar-refractivity contribution in [3.05, 3.63) is 82.9 Å². The minimum absolute atomic E-state index is 0.0184. The number of nitrogens with zero attached hydrogens (tertiary/aromatic N) is 4. The van der Waals surface area contributed by atoms with Gasteiger partial charge in [-0.15, -0.1) is 0 Å². The second-order valence-electron chi connectivity index (χ2n) is 9.85. The summed E-state index contributed by atoms with van der Waals surface area (Å²) in [6, 6.07) is 14.8. The van der Waals surface area contributed by atoms with Crippen molar-refractivity contribution >= 4 is 40.1 Å². The van der Waals surface area contributed by atoms with Gasteiger partial charge in [0.2, 0.25) is 16.9 Å². The summed E-state index contributed by atoms with van der Waals surface area (Å²) < 4.78 is 29.9. The number of amides is 2. The molecule has 210 valence electrons. The van der Waals surface area contributed by atoms with E-state index in [0.717, 1.165) is 16.0 Å². The van der Waals surface area contributed by atoms with Gasteiger partial charge in [0, 0.05) is 37.8 Å². The number of aromatic nitrogens is 2. The number of carbonyl (C=O) groups excluding carboxylic acids is 2. The van der Waals surface area contributed by atoms with Gasteiger partial charge in [-0.3, -0.25) is 24.2 Å². The molecule has 1 N–H and O–H groups in total. The molecule has 11 heteroatoms. The minimum Gasteiger partial charge on any atom is -0.481 e. The number of carbonyl (C=O) groups is 3. The van der Waals surface area contributed by atoms with E-state index >= 15 is 4.39 Å². The first-order valence-corrected chi connectivity index (χ1v) is 13.7. The number of benzene rings is 2. The second kappa shape index (κ2) is 11.5. The molecule has 0 spiro atoms. The third-order valence-corrected chi connectivity index (χ3v) is 8.00. The highest BCUT2D eigenvalue weighted by molar-refractivity contribution is 7.14. The first-order valence-electron chi connectivity index (χ1n) is 12.9. The molecule has 1 aliphatic rings. The number of pyridine rings is 1. The standard InChI is InChI=1S/C30H26F2N4O4S/c1-35-24(37)11-8-18-13-20(16-33-28(18)35)22-10-9-21(31)15-23(22)26-27(32)41-30(34-26)36(2)29(40)19(14-25(38)39)12-17-6-4-3-5-7-17/h3-7,9-10,13,15-16,19H,8,11-12,14H2,1-2H3,(H,38,39). The summed E-state index contributed by atoms with van der Waals surface area (Å²) in [4.78, 5) is 48.4. The van der Waals surface area contributed by atoms with Crippen LogP contribution < -0.4 is 9.80 Å². The van der Waals surface area contributed by atoms with Crippen LogP contribution >= 0.6 is 11.3 Å². The summed E-state index contributed by atoms with van der Waals surface area (Å²) in [6.45, 7) is 0. The fourth-order valence-electron chi connectivity index (χ4n) is 4.95. The van der Waals surface area contributed by atoms with Crippen LogP contribution in [-0.2, 0) is 27.2 Å². The van der Waals surface area contributed by atoms with Gasteiger partial charge in [0.1, 0.15) is 17.3 Å². The topological polar surface area (TPSA) is 104 Å². The Balaban J connectivity index is 1.48. The average Bonchev–Trinajstić information content (AvgIpc) is 3.35. The van der Waals surface area contributed by atoms with E-state index in [0.29, 0.717) is 41.1 Å². The van der Waals surface area contributed by atoms with Crippen molar-refractivity contribution in [2.45, 2.75) is 25.7 Å². The fraction of sp³-hybridized carbons (Fsp3) is 0.233. The Morgan fingerprint density at radius 1 is 1.10 bits per heavy atom. The lowest BCUT2D eigenvalue weighted by Crippen LogP contribution is -2.35. The number of rotatable bonds is 8. The maximum Gasteiger partial charge on any atom is 0.304 e. The van der Waals surface area contributed by atoms with E-state index in [4.69, 9.17) is 0 Å². The Kier molecular flexibility index (Phi) is 7.89. The van der Waals surface area contributed by atoms with Gasteiger partial charge in [0.15, 0.2) is 5.13 Å². The van der Waals surface area contributed by atoms with E-state index in [1.54, 1.807) is 37.5 Å². The molecule has 41 heavy (non-hydrogen) atoms. The van der Waals surface area contributed by atoms with Crippen LogP contribution in [0.15, 0.2) is 60.8 Å². The van der Waals surface area contributed by atoms with Crippen LogP contribution in [0.25, 0.3) is 22.4 Å². The van der Waals surface area contributed by atoms with Gasteiger partial charge >= 0.3 is 5.97 Å². The lowest BCUT2D eigenvalue weighted by atomic mass is 9.95. The fourth-order valence-corrected chi connectivity index (χ4v) is 5.73. The van der Waals surface area contributed by atoms with Gasteiger partial charge in [0.05, 0.1) is 12.3 Å². The van der Waals surface area contributed by atoms with Gasteiger partial charge in [-0.2, -0.15) is 4.39 Å². The van der Waals surface area contributed by atoms with Crippen molar-refractivity contribution in [3.63, 3.8) is 0 Å². The number of hydrogen-bond donors (Lipinski definition) is 1. The summed E-state index contributed by atoms with van der Waals surface area (Å²) in [5.41, 5.74) is 2.77. The molecule has 1 unspecified atom stereocenters. The zero-order valence-electron chi connectivity index (χ0n) is 22.3. The smallest absolute Gasteiger partial charge is 0.304 e. The Bertz CT molecular complexity index is 1640. The van der Waals surface area contributed by atoms with Gasteiger partial charge in [0.25, 0.3) is 0 Å². The van der Waals surface area contributed by atoms with Crippen LogP contribution in [0.5, 0.6) is 0 Å². The van der Waals surface area contributed by atoms with E-state index in [9.17, 15) is 23.9 Å². The normalized spacial score (nSPS) is 13.6. The van der Waals surface area contributed by atoms with Crippen LogP contribution in [0.3, 0.4) is 0 Å². The minimum atomic E-state index is -1.13. The monoisotopic (exact) mass is 576 g/mol. The Morgan fingerprint density at radius 2 is 1.85 bits per heavy atom. The third kappa shape index (κ3) is 5.85. The van der Waals surface area contributed by atoms with Gasteiger partial charge in [-0.05, 0) is 47.7 Å². The number of carboxylic acids is 1. The maximum atomic E-state index is 15.4. The average molecular weight is 577 g/mol. The van der Waals surface area contributed by atoms with E-state index in [-0.39, 0.29) is 28.7 Å². The third-order valence-electron chi connectivity index (χ3n) is 7.08. The highest BCUT2D eigenvalue weighted by atomic mass is 32.1. The first-order chi connectivity index (χ1) is 19.6. The molecule has 5 rings (SSSR count). The summed E-state index contributed by atoms with van der Waals surface area (Å²) >= 11 is 0.619. The molecule has 0 saturated heterocycles. The molecule has 3 heterocycles. The summed E-state index contributed by atoms with van der Waals surface area (Å²) in [7, 11) is 3.07. The molecule has 2 amide bonds. The van der Waals surface area contributed by atoms with Gasteiger partial charge in [-0.1, -0.05) is 47.7 Å². The molecule has 0 radical (unpaired) electrons. The summed E-state index contributed by atoms with van der Waals surface area (Å²) in [5, 5.41) is 8.72. The van der Waals surface area contributed by atoms with Crippen molar-refractivity contribution in [1.29, 1.82) is 0 Å². The number of aryl methyl sites for hydroxylation is 1. The summed E-state index contributed by atoms with van der Waals surface area (Å²) in [5.74, 6) is -2.63. The number of carboxylic acid groups (broad SMARTS) is 1. The molecule has 4 aromatic rings. The number of aliphatic carboxylic acids is 1. The Morgan fingerprint density at radius 3 is 2.59 bits per heavy atom. The Hall–Kier alpha value is -4.51. The molecule has 0 bridgehead atoms. The molecule has 0 fully saturated rings. The molecule has 2 aromatic carbocycles. The van der Waals surface area contributed by atoms with Crippen molar-refractivity contribution in [1.82, 2.24) is 9.97 Å². The number of hydrogen-bond acceptors (Lipinski definition) is 6. The lowest BCUT2D eigenvalue weighted by molar-refractivity contribution is -0.140. The number of fused-ring (bicyclic) bond motifs is 1. The van der Waals surface area contributed by atoms with Crippen molar-refractivity contribution in [3.8, 4) is 22.4 Å². The second-order valence-corrected chi connectivity index (χ2v) is 10.8. The first kappa shape index (κ1) is 28.0. The molecule has 1 atom stereocenters. The summed E-state index contributed by atoms with van der Waals surface area (Å²) in [6.07, 6.45) is 2.17. The number of thiazole rings is 1. The van der Waals surface area contributed by atoms with Crippen LogP contribution in [0, 0.1) is 16.9 Å². The lowest BCUT2D eigenvalue weighted by Gasteiger charge is -2.25. The zero-order chi connectivity index (χ0) is 29.3. The Labute approximate surface area is 238 Å². The van der Waals surface area contributed by atoms with E-state index < -0.39 is 35.2 Å². The van der Waals surface area contributed by atoms with E-state index in [1.165, 1.54) is 30.1 Å². The van der Waals surface area contributed by atoms with Crippen LogP contribution in [0.1, 0.15) is 24.0 Å². The molecular formula is C30H26F2N4O4S. The number of halogens is 2. The molecule has 0 aliphatic carbocycles. The van der Waals surface area contributed by atoms with Crippen LogP contribution in [0.4, 0.5) is 19.7 Å². The molecule has 1 aliphatic heterocycles. The largest absolute Gasteiger partial charge is 0.481 e. The molecule has 0 saturated carbocycles. The van der Waals surface area contributed by atoms with Crippen LogP contribution in [-0.4, -0.2) is 47.0 Å². The van der Waals surface area contributed by atoms with E-state index in [1.807, 2.05) is 12.1 Å². The highest BCUT2D eigenvalue weighted by Gasteiger charge is 2.29. The SMILES string of the molecule is CN(C(=O)C(CC(=O)O)Cc1ccccc1)c1nc(-c2cc(F)ccc2-c2cnc3c(c2)CCC(=O)N3C)c(F)s1. The zero-order valence-corrected chi connectivity index (χ0v) is 23.1. The molecule has 8 nitrogen and oxygen atoms in total. The van der Waals surface area contributed by atoms with Crippen molar-refractivity contribution in [2.24, 2.45) is 5.92 Å². The molecule has 2 aromatic heterocycles. The number of anilines is 2. The van der Waals surface area contributed by atoms with Gasteiger partial charge < -0.3 is 5.11 Å². The maximum absolute atomic E-state index is 15.4. The quantitative estimate of drug-likeness (QED) is 0.303. The highest BCUT2D eigenvalue weighted by Crippen LogP contribution is 2.39. The molecular weight excluding hydrogens is 550 g/mol. The van der Waals surface area contributed by atoms with Crippen molar-refractivity contribution < 1.29 is 28.3 Å². The van der Waals surface area contributed by atoms with Gasteiger partial charge in [-0.25, -0.2) is 14.4 Å². The van der Waals surface area contributed by atoms with Crippen LogP contribution in [0.2, 0.25) is 0 Å².